The second-order valence-corrected chi connectivity index (χ2v) is 9.89. The molecule has 40 heavy (non-hydrogen) atoms. The summed E-state index contributed by atoms with van der Waals surface area (Å²) in [6.45, 7) is 5.21. The lowest BCUT2D eigenvalue weighted by Crippen LogP contribution is -2.43. The highest BCUT2D eigenvalue weighted by molar-refractivity contribution is 6.31. The van der Waals surface area contributed by atoms with Crippen LogP contribution in [-0.4, -0.2) is 67.0 Å². The molecule has 0 aliphatic carbocycles. The monoisotopic (exact) mass is 563 g/mol. The highest BCUT2D eigenvalue weighted by atomic mass is 35.5. The van der Waals surface area contributed by atoms with Crippen LogP contribution in [0.5, 0.6) is 5.75 Å². The maximum atomic E-state index is 13.3. The van der Waals surface area contributed by atoms with Crippen LogP contribution < -0.4 is 16.2 Å². The number of morpholine rings is 1. The summed E-state index contributed by atoms with van der Waals surface area (Å²) in [6, 6.07) is 21.4. The van der Waals surface area contributed by atoms with Gasteiger partial charge in [-0.3, -0.25) is 9.69 Å². The van der Waals surface area contributed by atoms with Crippen molar-refractivity contribution in [3.8, 4) is 5.75 Å². The Morgan fingerprint density at radius 2 is 1.73 bits per heavy atom. The van der Waals surface area contributed by atoms with Crippen LogP contribution in [0, 0.1) is 0 Å². The molecule has 3 aromatic rings. The van der Waals surface area contributed by atoms with E-state index in [1.54, 1.807) is 42.5 Å². The van der Waals surface area contributed by atoms with Crippen molar-refractivity contribution in [2.24, 2.45) is 16.5 Å². The molecule has 0 aromatic heterocycles. The maximum Gasteiger partial charge on any atom is 0.343 e. The molecule has 10 heteroatoms. The Bertz CT molecular complexity index is 1310. The SMILES string of the molecule is NC(N)=Nc1ccc(C(=O)Oc2ccc(CCC(=O)N(CCN3CCOCC3)Cc3ccccc3)c(Cl)c2)cc1. The van der Waals surface area contributed by atoms with E-state index in [2.05, 4.69) is 9.89 Å². The van der Waals surface area contributed by atoms with Crippen molar-refractivity contribution in [1.29, 1.82) is 0 Å². The first kappa shape index (κ1) is 29.1. The van der Waals surface area contributed by atoms with Crippen molar-refractivity contribution < 1.29 is 19.1 Å². The van der Waals surface area contributed by atoms with Gasteiger partial charge in [-0.15, -0.1) is 0 Å². The van der Waals surface area contributed by atoms with Gasteiger partial charge in [-0.2, -0.15) is 0 Å². The van der Waals surface area contributed by atoms with E-state index in [9.17, 15) is 9.59 Å². The van der Waals surface area contributed by atoms with Crippen molar-refractivity contribution in [3.05, 3.63) is 94.5 Å². The number of hydrogen-bond donors (Lipinski definition) is 2. The average Bonchev–Trinajstić information content (AvgIpc) is 2.96. The molecule has 4 rings (SSSR count). The van der Waals surface area contributed by atoms with Gasteiger partial charge in [0.1, 0.15) is 5.75 Å². The summed E-state index contributed by atoms with van der Waals surface area (Å²) in [5, 5.41) is 0.434. The lowest BCUT2D eigenvalue weighted by Gasteiger charge is -2.30. The first-order chi connectivity index (χ1) is 19.4. The number of guanidine groups is 1. The summed E-state index contributed by atoms with van der Waals surface area (Å²) in [6.07, 6.45) is 0.790. The number of amides is 1. The first-order valence-electron chi connectivity index (χ1n) is 13.2. The second-order valence-electron chi connectivity index (χ2n) is 9.48. The zero-order valence-corrected chi connectivity index (χ0v) is 23.1. The average molecular weight is 564 g/mol. The Morgan fingerprint density at radius 3 is 2.40 bits per heavy atom. The number of esters is 1. The van der Waals surface area contributed by atoms with E-state index in [-0.39, 0.29) is 11.9 Å². The van der Waals surface area contributed by atoms with E-state index in [4.69, 9.17) is 32.5 Å². The number of carbonyl (C=O) groups excluding carboxylic acids is 2. The Morgan fingerprint density at radius 1 is 1.00 bits per heavy atom. The molecule has 0 spiro atoms. The molecule has 9 nitrogen and oxygen atoms in total. The Kier molecular flexibility index (Phi) is 10.5. The Labute approximate surface area is 239 Å². The fraction of sp³-hybridized carbons (Fsp3) is 0.300. The summed E-state index contributed by atoms with van der Waals surface area (Å²) in [5.74, 6) is -0.224. The number of hydrogen-bond acceptors (Lipinski definition) is 6. The minimum Gasteiger partial charge on any atom is -0.423 e. The van der Waals surface area contributed by atoms with Crippen molar-refractivity contribution >= 4 is 35.1 Å². The van der Waals surface area contributed by atoms with Crippen molar-refractivity contribution in [2.45, 2.75) is 19.4 Å². The zero-order chi connectivity index (χ0) is 28.3. The fourth-order valence-electron chi connectivity index (χ4n) is 4.36. The van der Waals surface area contributed by atoms with E-state index in [0.29, 0.717) is 48.0 Å². The van der Waals surface area contributed by atoms with Crippen LogP contribution >= 0.6 is 11.6 Å². The van der Waals surface area contributed by atoms with Crippen LogP contribution in [0.2, 0.25) is 5.02 Å². The van der Waals surface area contributed by atoms with E-state index in [1.807, 2.05) is 35.2 Å². The number of ether oxygens (including phenoxy) is 2. The molecule has 1 fully saturated rings. The third kappa shape index (κ3) is 8.81. The number of aryl methyl sites for hydroxylation is 1. The van der Waals surface area contributed by atoms with Crippen molar-refractivity contribution in [1.82, 2.24) is 9.80 Å². The van der Waals surface area contributed by atoms with Crippen LogP contribution in [0.25, 0.3) is 0 Å². The van der Waals surface area contributed by atoms with E-state index < -0.39 is 5.97 Å². The smallest absolute Gasteiger partial charge is 0.343 e. The normalized spacial score (nSPS) is 13.4. The van der Waals surface area contributed by atoms with E-state index in [0.717, 1.165) is 44.0 Å². The predicted octanol–water partition coefficient (Wildman–Crippen LogP) is 3.76. The molecule has 0 saturated carbocycles. The molecule has 1 aliphatic rings. The number of nitrogens with two attached hydrogens (primary N) is 2. The number of carbonyl (C=O) groups is 2. The van der Waals surface area contributed by atoms with Crippen LogP contribution in [0.4, 0.5) is 5.69 Å². The van der Waals surface area contributed by atoms with Crippen LogP contribution in [0.3, 0.4) is 0 Å². The van der Waals surface area contributed by atoms with Gasteiger partial charge in [0.05, 0.1) is 24.5 Å². The molecule has 1 aliphatic heterocycles. The largest absolute Gasteiger partial charge is 0.423 e. The highest BCUT2D eigenvalue weighted by Gasteiger charge is 2.18. The van der Waals surface area contributed by atoms with E-state index in [1.165, 1.54) is 0 Å². The lowest BCUT2D eigenvalue weighted by atomic mass is 10.1. The molecule has 4 N–H and O–H groups in total. The minimum absolute atomic E-state index is 0.0628. The molecule has 3 aromatic carbocycles. The Balaban J connectivity index is 1.34. The number of rotatable bonds is 11. The molecule has 0 bridgehead atoms. The number of halogens is 1. The van der Waals surface area contributed by atoms with Gasteiger partial charge in [-0.05, 0) is 53.9 Å². The molecule has 210 valence electrons. The molecule has 0 unspecified atom stereocenters. The molecular weight excluding hydrogens is 530 g/mol. The Hall–Kier alpha value is -3.92. The van der Waals surface area contributed by atoms with Gasteiger partial charge in [0.25, 0.3) is 0 Å². The summed E-state index contributed by atoms with van der Waals surface area (Å²) in [7, 11) is 0. The molecule has 1 amide bonds. The van der Waals surface area contributed by atoms with Crippen LogP contribution in [-0.2, 0) is 22.5 Å². The van der Waals surface area contributed by atoms with E-state index >= 15 is 0 Å². The molecular formula is C30H34ClN5O4. The third-order valence-electron chi connectivity index (χ3n) is 6.56. The summed E-state index contributed by atoms with van der Waals surface area (Å²) in [4.78, 5) is 34.0. The third-order valence-corrected chi connectivity index (χ3v) is 6.92. The van der Waals surface area contributed by atoms with Gasteiger partial charge in [0.15, 0.2) is 5.96 Å². The van der Waals surface area contributed by atoms with Gasteiger partial charge < -0.3 is 25.8 Å². The molecule has 1 saturated heterocycles. The predicted molar refractivity (Wildman–Crippen MR) is 156 cm³/mol. The quantitative estimate of drug-likeness (QED) is 0.157. The van der Waals surface area contributed by atoms with Gasteiger partial charge in [-0.1, -0.05) is 48.0 Å². The standard InChI is InChI=1S/C30H34ClN5O4/c31-27-20-26(40-29(38)24-6-10-25(11-7-24)34-30(32)33)12-8-23(27)9-13-28(37)36(21-22-4-2-1-3-5-22)15-14-35-16-18-39-19-17-35/h1-8,10-12,20H,9,13-19,21H2,(H4,32,33,34). The minimum atomic E-state index is -0.535. The highest BCUT2D eigenvalue weighted by Crippen LogP contribution is 2.25. The van der Waals surface area contributed by atoms with Crippen molar-refractivity contribution in [3.63, 3.8) is 0 Å². The molecule has 0 radical (unpaired) electrons. The number of aliphatic imine (C=N–C) groups is 1. The lowest BCUT2D eigenvalue weighted by molar-refractivity contribution is -0.132. The topological polar surface area (TPSA) is 123 Å². The molecule has 1 heterocycles. The second kappa shape index (κ2) is 14.5. The van der Waals surface area contributed by atoms with Gasteiger partial charge in [-0.25, -0.2) is 9.79 Å². The van der Waals surface area contributed by atoms with Gasteiger partial charge in [0.2, 0.25) is 5.91 Å². The number of benzene rings is 3. The van der Waals surface area contributed by atoms with Crippen molar-refractivity contribution in [2.75, 3.05) is 39.4 Å². The van der Waals surface area contributed by atoms with Gasteiger partial charge >= 0.3 is 5.97 Å². The summed E-state index contributed by atoms with van der Waals surface area (Å²) >= 11 is 6.51. The molecule has 0 atom stereocenters. The van der Waals surface area contributed by atoms with Crippen LogP contribution in [0.1, 0.15) is 27.9 Å². The van der Waals surface area contributed by atoms with Gasteiger partial charge in [0, 0.05) is 44.2 Å². The number of nitrogens with zero attached hydrogens (tertiary/aromatic N) is 3. The maximum absolute atomic E-state index is 13.3. The van der Waals surface area contributed by atoms with Crippen LogP contribution in [0.15, 0.2) is 77.8 Å². The summed E-state index contributed by atoms with van der Waals surface area (Å²) < 4.78 is 10.9. The zero-order valence-electron chi connectivity index (χ0n) is 22.3. The first-order valence-corrected chi connectivity index (χ1v) is 13.6. The fourth-order valence-corrected chi connectivity index (χ4v) is 4.63. The summed E-state index contributed by atoms with van der Waals surface area (Å²) in [5.41, 5.74) is 13.5.